The maximum absolute atomic E-state index is 12.7. The first-order valence-corrected chi connectivity index (χ1v) is 6.12. The number of halogens is 2. The highest BCUT2D eigenvalue weighted by atomic mass is 79.9. The number of ketones is 1. The Labute approximate surface area is 112 Å². The van der Waals surface area contributed by atoms with E-state index < -0.39 is 0 Å². The largest absolute Gasteiger partial charge is 0.507 e. The van der Waals surface area contributed by atoms with E-state index in [-0.39, 0.29) is 29.3 Å². The molecule has 0 amide bonds. The van der Waals surface area contributed by atoms with Crippen LogP contribution < -0.4 is 0 Å². The van der Waals surface area contributed by atoms with Gasteiger partial charge in [0.25, 0.3) is 0 Å². The fraction of sp³-hybridized carbons (Fsp3) is 0.0714. The van der Waals surface area contributed by atoms with Gasteiger partial charge in [0.15, 0.2) is 5.78 Å². The minimum absolute atomic E-state index is 0.0588. The van der Waals surface area contributed by atoms with Crippen molar-refractivity contribution in [2.24, 2.45) is 0 Å². The molecule has 2 aromatic rings. The van der Waals surface area contributed by atoms with E-state index in [2.05, 4.69) is 15.9 Å². The highest BCUT2D eigenvalue weighted by Crippen LogP contribution is 2.23. The Hall–Kier alpha value is -1.68. The fourth-order valence-electron chi connectivity index (χ4n) is 1.62. The van der Waals surface area contributed by atoms with Gasteiger partial charge in [0.05, 0.1) is 5.56 Å². The number of carbonyl (C=O) groups excluding carboxylic acids is 1. The molecule has 4 heteroatoms. The van der Waals surface area contributed by atoms with Crippen molar-refractivity contribution in [1.29, 1.82) is 0 Å². The van der Waals surface area contributed by atoms with Crippen molar-refractivity contribution in [3.05, 3.63) is 63.9 Å². The number of Topliss-reactive ketones (excluding diaryl/α,β-unsaturated/α-hetero) is 1. The van der Waals surface area contributed by atoms with Crippen molar-refractivity contribution in [3.8, 4) is 5.75 Å². The summed E-state index contributed by atoms with van der Waals surface area (Å²) >= 11 is 3.21. The minimum Gasteiger partial charge on any atom is -0.507 e. The van der Waals surface area contributed by atoms with Crippen LogP contribution in [0.2, 0.25) is 0 Å². The summed E-state index contributed by atoms with van der Waals surface area (Å²) in [4.78, 5) is 12.0. The summed E-state index contributed by atoms with van der Waals surface area (Å²) in [6, 6.07) is 10.5. The molecule has 0 atom stereocenters. The van der Waals surface area contributed by atoms with Crippen molar-refractivity contribution in [1.82, 2.24) is 0 Å². The molecule has 0 heterocycles. The van der Waals surface area contributed by atoms with Crippen LogP contribution in [0.5, 0.6) is 5.75 Å². The molecule has 0 aliphatic rings. The summed E-state index contributed by atoms with van der Waals surface area (Å²) in [5.41, 5.74) is 0.978. The molecule has 0 radical (unpaired) electrons. The summed E-state index contributed by atoms with van der Waals surface area (Å²) in [5, 5.41) is 9.67. The quantitative estimate of drug-likeness (QED) is 0.877. The molecule has 0 bridgehead atoms. The van der Waals surface area contributed by atoms with E-state index in [4.69, 9.17) is 0 Å². The number of aromatic hydroxyl groups is 1. The molecular formula is C14H10BrFO2. The van der Waals surface area contributed by atoms with Gasteiger partial charge in [-0.15, -0.1) is 0 Å². The van der Waals surface area contributed by atoms with Crippen LogP contribution in [0.1, 0.15) is 15.9 Å². The van der Waals surface area contributed by atoms with Crippen LogP contribution in [-0.4, -0.2) is 10.9 Å². The second-order valence-electron chi connectivity index (χ2n) is 3.89. The van der Waals surface area contributed by atoms with Crippen molar-refractivity contribution in [3.63, 3.8) is 0 Å². The zero-order chi connectivity index (χ0) is 13.1. The third-order valence-electron chi connectivity index (χ3n) is 2.54. The van der Waals surface area contributed by atoms with Gasteiger partial charge in [-0.2, -0.15) is 0 Å². The molecule has 0 aliphatic heterocycles. The molecule has 0 saturated heterocycles. The van der Waals surface area contributed by atoms with Gasteiger partial charge in [-0.05, 0) is 35.9 Å². The lowest BCUT2D eigenvalue weighted by Crippen LogP contribution is -2.03. The predicted octanol–water partition coefficient (Wildman–Crippen LogP) is 3.72. The average Bonchev–Trinajstić information content (AvgIpc) is 2.32. The van der Waals surface area contributed by atoms with Gasteiger partial charge >= 0.3 is 0 Å². The third-order valence-corrected chi connectivity index (χ3v) is 3.03. The highest BCUT2D eigenvalue weighted by molar-refractivity contribution is 9.10. The SMILES string of the molecule is O=C(Cc1ccc(F)cc1)c1ccc(Br)cc1O. The van der Waals surface area contributed by atoms with Crippen LogP contribution in [0, 0.1) is 5.82 Å². The van der Waals surface area contributed by atoms with Gasteiger partial charge in [-0.1, -0.05) is 28.1 Å². The summed E-state index contributed by atoms with van der Waals surface area (Å²) in [6.45, 7) is 0. The number of hydrogen-bond donors (Lipinski definition) is 1. The lowest BCUT2D eigenvalue weighted by Gasteiger charge is -2.04. The first kappa shape index (κ1) is 12.8. The maximum Gasteiger partial charge on any atom is 0.170 e. The van der Waals surface area contributed by atoms with Crippen LogP contribution in [0.3, 0.4) is 0 Å². The lowest BCUT2D eigenvalue weighted by molar-refractivity contribution is 0.0990. The van der Waals surface area contributed by atoms with Gasteiger partial charge in [0, 0.05) is 10.9 Å². The summed E-state index contributed by atoms with van der Waals surface area (Å²) in [7, 11) is 0. The second-order valence-corrected chi connectivity index (χ2v) is 4.80. The van der Waals surface area contributed by atoms with E-state index in [1.54, 1.807) is 24.3 Å². The fourth-order valence-corrected chi connectivity index (χ4v) is 1.97. The Kier molecular flexibility index (Phi) is 3.77. The molecule has 2 nitrogen and oxygen atoms in total. The Balaban J connectivity index is 2.19. The summed E-state index contributed by atoms with van der Waals surface area (Å²) < 4.78 is 13.4. The van der Waals surface area contributed by atoms with Crippen molar-refractivity contribution >= 4 is 21.7 Å². The van der Waals surface area contributed by atoms with E-state index in [1.165, 1.54) is 18.2 Å². The second kappa shape index (κ2) is 5.31. The molecule has 18 heavy (non-hydrogen) atoms. The van der Waals surface area contributed by atoms with Gasteiger partial charge < -0.3 is 5.11 Å². The zero-order valence-corrected chi connectivity index (χ0v) is 10.9. The van der Waals surface area contributed by atoms with Crippen molar-refractivity contribution < 1.29 is 14.3 Å². The molecule has 0 aromatic heterocycles. The normalized spacial score (nSPS) is 10.3. The van der Waals surface area contributed by atoms with Crippen molar-refractivity contribution in [2.75, 3.05) is 0 Å². The maximum atomic E-state index is 12.7. The molecule has 2 aromatic carbocycles. The van der Waals surface area contributed by atoms with Crippen LogP contribution in [0.15, 0.2) is 46.9 Å². The number of phenols is 1. The molecule has 1 N–H and O–H groups in total. The first-order valence-electron chi connectivity index (χ1n) is 5.32. The Morgan fingerprint density at radius 2 is 1.83 bits per heavy atom. The van der Waals surface area contributed by atoms with E-state index in [0.29, 0.717) is 10.0 Å². The monoisotopic (exact) mass is 308 g/mol. The van der Waals surface area contributed by atoms with Crippen LogP contribution in [0.4, 0.5) is 4.39 Å². The van der Waals surface area contributed by atoms with Crippen LogP contribution >= 0.6 is 15.9 Å². The highest BCUT2D eigenvalue weighted by Gasteiger charge is 2.12. The summed E-state index contributed by atoms with van der Waals surface area (Å²) in [5.74, 6) is -0.596. The first-order chi connectivity index (χ1) is 8.56. The summed E-state index contributed by atoms with van der Waals surface area (Å²) in [6.07, 6.45) is 0.134. The topological polar surface area (TPSA) is 37.3 Å². The smallest absolute Gasteiger partial charge is 0.170 e. The molecule has 0 aliphatic carbocycles. The van der Waals surface area contributed by atoms with Crippen LogP contribution in [-0.2, 0) is 6.42 Å². The van der Waals surface area contributed by atoms with E-state index in [1.807, 2.05) is 0 Å². The third kappa shape index (κ3) is 2.96. The number of carbonyl (C=O) groups is 1. The van der Waals surface area contributed by atoms with Gasteiger partial charge in [0.2, 0.25) is 0 Å². The lowest BCUT2D eigenvalue weighted by atomic mass is 10.0. The molecule has 92 valence electrons. The predicted molar refractivity (Wildman–Crippen MR) is 70.2 cm³/mol. The van der Waals surface area contributed by atoms with Crippen LogP contribution in [0.25, 0.3) is 0 Å². The molecule has 0 unspecified atom stereocenters. The average molecular weight is 309 g/mol. The molecule has 0 saturated carbocycles. The molecule has 2 rings (SSSR count). The molecule has 0 spiro atoms. The zero-order valence-electron chi connectivity index (χ0n) is 9.36. The van der Waals surface area contributed by atoms with E-state index >= 15 is 0 Å². The van der Waals surface area contributed by atoms with Gasteiger partial charge in [0.1, 0.15) is 11.6 Å². The Morgan fingerprint density at radius 1 is 1.17 bits per heavy atom. The number of benzene rings is 2. The Morgan fingerprint density at radius 3 is 2.44 bits per heavy atom. The number of rotatable bonds is 3. The van der Waals surface area contributed by atoms with Gasteiger partial charge in [-0.25, -0.2) is 4.39 Å². The minimum atomic E-state index is -0.335. The van der Waals surface area contributed by atoms with Gasteiger partial charge in [-0.3, -0.25) is 4.79 Å². The van der Waals surface area contributed by atoms with E-state index in [0.717, 1.165) is 0 Å². The van der Waals surface area contributed by atoms with E-state index in [9.17, 15) is 14.3 Å². The molecular weight excluding hydrogens is 299 g/mol. The Bertz CT molecular complexity index is 579. The standard InChI is InChI=1S/C14H10BrFO2/c15-10-3-6-12(14(18)8-10)13(17)7-9-1-4-11(16)5-2-9/h1-6,8,18H,7H2. The molecule has 0 fully saturated rings. The number of hydrogen-bond acceptors (Lipinski definition) is 2. The number of phenolic OH excluding ortho intramolecular Hbond substituents is 1. The van der Waals surface area contributed by atoms with Crippen molar-refractivity contribution in [2.45, 2.75) is 6.42 Å².